The second kappa shape index (κ2) is 34.2. The van der Waals surface area contributed by atoms with Crippen LogP contribution in [0.3, 0.4) is 0 Å². The van der Waals surface area contributed by atoms with Crippen LogP contribution in [0, 0.1) is 0 Å². The number of nitrogens with one attached hydrogen (secondary N) is 1. The van der Waals surface area contributed by atoms with Gasteiger partial charge in [-0.3, -0.25) is 19.2 Å². The van der Waals surface area contributed by atoms with Crippen LogP contribution in [0.2, 0.25) is 0 Å². The van der Waals surface area contributed by atoms with Gasteiger partial charge in [-0.2, -0.15) is 0 Å². The highest BCUT2D eigenvalue weighted by molar-refractivity contribution is 5.81. The van der Waals surface area contributed by atoms with Gasteiger partial charge in [0.25, 0.3) is 0 Å². The van der Waals surface area contributed by atoms with E-state index in [9.17, 15) is 19.2 Å². The van der Waals surface area contributed by atoms with Crippen molar-refractivity contribution in [2.24, 2.45) is 0 Å². The summed E-state index contributed by atoms with van der Waals surface area (Å²) in [4.78, 5) is 48.4. The van der Waals surface area contributed by atoms with E-state index in [1.165, 1.54) is 123 Å². The molecule has 0 heterocycles. The molecular weight excluding hydrogens is 582 g/mol. The number of carbonyl (C=O) groups is 4. The maximum Gasteiger partial charge on any atom is 0.306 e. The lowest BCUT2D eigenvalue weighted by atomic mass is 10.0. The lowest BCUT2D eigenvalue weighted by molar-refractivity contribution is -0.167. The highest BCUT2D eigenvalue weighted by Crippen LogP contribution is 2.15. The number of esters is 3. The Kier molecular flexibility index (Phi) is 32.6. The summed E-state index contributed by atoms with van der Waals surface area (Å²) in [6, 6.07) is 0. The SMILES string of the molecule is CCCCCCCCCCCCCCCC(=O)O[C@H](COC(=O)CCCCCCCCCCCCC)COC(=O)CCC(=O)NC. The Hall–Kier alpha value is -2.12. The van der Waals surface area contributed by atoms with Gasteiger partial charge in [-0.05, 0) is 12.8 Å². The van der Waals surface area contributed by atoms with Gasteiger partial charge in [0, 0.05) is 26.3 Å². The molecule has 0 aliphatic carbocycles. The van der Waals surface area contributed by atoms with Crippen LogP contribution >= 0.6 is 0 Å². The van der Waals surface area contributed by atoms with E-state index in [0.717, 1.165) is 38.5 Å². The molecule has 0 rings (SSSR count). The van der Waals surface area contributed by atoms with Gasteiger partial charge in [0.05, 0.1) is 6.42 Å². The van der Waals surface area contributed by atoms with Gasteiger partial charge < -0.3 is 19.5 Å². The molecule has 0 radical (unpaired) electrons. The Morgan fingerprint density at radius 3 is 1.13 bits per heavy atom. The van der Waals surface area contributed by atoms with Crippen molar-refractivity contribution >= 4 is 23.8 Å². The molecular formula is C38H71NO7. The monoisotopic (exact) mass is 654 g/mol. The summed E-state index contributed by atoms with van der Waals surface area (Å²) in [5.41, 5.74) is 0. The van der Waals surface area contributed by atoms with Gasteiger partial charge >= 0.3 is 17.9 Å². The zero-order valence-electron chi connectivity index (χ0n) is 30.1. The van der Waals surface area contributed by atoms with Crippen LogP contribution in [-0.4, -0.2) is 50.2 Å². The highest BCUT2D eigenvalue weighted by Gasteiger charge is 2.20. The molecule has 270 valence electrons. The Morgan fingerprint density at radius 1 is 0.435 bits per heavy atom. The largest absolute Gasteiger partial charge is 0.462 e. The fourth-order valence-corrected chi connectivity index (χ4v) is 5.44. The third-order valence-electron chi connectivity index (χ3n) is 8.46. The summed E-state index contributed by atoms with van der Waals surface area (Å²) in [7, 11) is 1.51. The molecule has 0 aromatic carbocycles. The first-order valence-corrected chi connectivity index (χ1v) is 19.1. The van der Waals surface area contributed by atoms with Gasteiger partial charge in [-0.1, -0.05) is 155 Å². The summed E-state index contributed by atoms with van der Waals surface area (Å²) in [5.74, 6) is -1.53. The summed E-state index contributed by atoms with van der Waals surface area (Å²) >= 11 is 0. The van der Waals surface area contributed by atoms with E-state index in [1.807, 2.05) is 0 Å². The smallest absolute Gasteiger partial charge is 0.306 e. The van der Waals surface area contributed by atoms with Crippen LogP contribution < -0.4 is 5.32 Å². The highest BCUT2D eigenvalue weighted by atomic mass is 16.6. The van der Waals surface area contributed by atoms with Crippen molar-refractivity contribution in [3.8, 4) is 0 Å². The number of ether oxygens (including phenoxy) is 3. The molecule has 0 aliphatic heterocycles. The van der Waals surface area contributed by atoms with E-state index < -0.39 is 12.1 Å². The molecule has 8 nitrogen and oxygen atoms in total. The lowest BCUT2D eigenvalue weighted by Gasteiger charge is -2.18. The zero-order chi connectivity index (χ0) is 33.9. The molecule has 0 fully saturated rings. The van der Waals surface area contributed by atoms with E-state index in [4.69, 9.17) is 14.2 Å². The van der Waals surface area contributed by atoms with Crippen molar-refractivity contribution in [2.75, 3.05) is 20.3 Å². The molecule has 1 atom stereocenters. The third-order valence-corrected chi connectivity index (χ3v) is 8.46. The van der Waals surface area contributed by atoms with Crippen molar-refractivity contribution < 1.29 is 33.4 Å². The van der Waals surface area contributed by atoms with Crippen LogP contribution in [0.15, 0.2) is 0 Å². The minimum Gasteiger partial charge on any atom is -0.462 e. The number of amides is 1. The fourth-order valence-electron chi connectivity index (χ4n) is 5.44. The molecule has 0 spiro atoms. The average Bonchev–Trinajstić information content (AvgIpc) is 3.05. The average molecular weight is 654 g/mol. The summed E-state index contributed by atoms with van der Waals surface area (Å²) in [6.07, 6.45) is 28.9. The summed E-state index contributed by atoms with van der Waals surface area (Å²) in [5, 5.41) is 2.46. The third kappa shape index (κ3) is 31.8. The van der Waals surface area contributed by atoms with Gasteiger partial charge in [-0.25, -0.2) is 0 Å². The molecule has 0 saturated heterocycles. The lowest BCUT2D eigenvalue weighted by Crippen LogP contribution is -2.31. The Morgan fingerprint density at radius 2 is 0.761 bits per heavy atom. The number of rotatable bonds is 34. The van der Waals surface area contributed by atoms with E-state index in [1.54, 1.807) is 0 Å². The topological polar surface area (TPSA) is 108 Å². The maximum atomic E-state index is 12.5. The van der Waals surface area contributed by atoms with Crippen LogP contribution in [0.25, 0.3) is 0 Å². The molecule has 0 aromatic heterocycles. The molecule has 1 N–H and O–H groups in total. The Labute approximate surface area is 282 Å². The molecule has 0 saturated carbocycles. The van der Waals surface area contributed by atoms with Crippen molar-refractivity contribution in [3.63, 3.8) is 0 Å². The molecule has 8 heteroatoms. The van der Waals surface area contributed by atoms with Crippen molar-refractivity contribution in [3.05, 3.63) is 0 Å². The predicted molar refractivity (Wildman–Crippen MR) is 186 cm³/mol. The predicted octanol–water partition coefficient (Wildman–Crippen LogP) is 9.69. The molecule has 0 bridgehead atoms. The first-order valence-electron chi connectivity index (χ1n) is 19.1. The number of carbonyl (C=O) groups excluding carboxylic acids is 4. The number of unbranched alkanes of at least 4 members (excludes halogenated alkanes) is 22. The normalized spacial score (nSPS) is 11.6. The van der Waals surface area contributed by atoms with Crippen LogP contribution in [-0.2, 0) is 33.4 Å². The first-order chi connectivity index (χ1) is 22.4. The van der Waals surface area contributed by atoms with E-state index >= 15 is 0 Å². The summed E-state index contributed by atoms with van der Waals surface area (Å²) in [6.45, 7) is 4.13. The Bertz CT molecular complexity index is 743. The standard InChI is InChI=1S/C38H71NO7/c1-4-6-8-10-12-14-16-17-19-21-23-25-27-29-38(43)46-34(33-45-37(42)31-30-35(40)39-3)32-44-36(41)28-26-24-22-20-18-15-13-11-9-7-5-2/h34H,4-33H2,1-3H3,(H,39,40)/t34-/m1/s1. The van der Waals surface area contributed by atoms with Crippen LogP contribution in [0.5, 0.6) is 0 Å². The van der Waals surface area contributed by atoms with E-state index in [0.29, 0.717) is 6.42 Å². The van der Waals surface area contributed by atoms with E-state index in [2.05, 4.69) is 19.2 Å². The number of hydrogen-bond donors (Lipinski definition) is 1. The van der Waals surface area contributed by atoms with Gasteiger partial charge in [0.1, 0.15) is 13.2 Å². The van der Waals surface area contributed by atoms with Crippen molar-refractivity contribution in [1.82, 2.24) is 5.32 Å². The van der Waals surface area contributed by atoms with Crippen LogP contribution in [0.4, 0.5) is 0 Å². The minimum atomic E-state index is -0.861. The number of hydrogen-bond acceptors (Lipinski definition) is 7. The Balaban J connectivity index is 4.23. The van der Waals surface area contributed by atoms with Gasteiger partial charge in [0.2, 0.25) is 5.91 Å². The molecule has 1 amide bonds. The quantitative estimate of drug-likeness (QED) is 0.0418. The molecule has 0 aliphatic rings. The zero-order valence-corrected chi connectivity index (χ0v) is 30.1. The van der Waals surface area contributed by atoms with Gasteiger partial charge in [0.15, 0.2) is 6.10 Å². The maximum absolute atomic E-state index is 12.5. The second-order valence-electron chi connectivity index (χ2n) is 12.9. The summed E-state index contributed by atoms with van der Waals surface area (Å²) < 4.78 is 16.2. The first kappa shape index (κ1) is 43.9. The van der Waals surface area contributed by atoms with Crippen molar-refractivity contribution in [1.29, 1.82) is 0 Å². The molecule has 46 heavy (non-hydrogen) atoms. The second-order valence-corrected chi connectivity index (χ2v) is 12.9. The fraction of sp³-hybridized carbons (Fsp3) is 0.895. The van der Waals surface area contributed by atoms with E-state index in [-0.39, 0.29) is 50.3 Å². The van der Waals surface area contributed by atoms with Crippen molar-refractivity contribution in [2.45, 2.75) is 200 Å². The van der Waals surface area contributed by atoms with Crippen LogP contribution in [0.1, 0.15) is 194 Å². The molecule has 0 unspecified atom stereocenters. The minimum absolute atomic E-state index is 0.0206. The molecule has 0 aromatic rings. The van der Waals surface area contributed by atoms with Gasteiger partial charge in [-0.15, -0.1) is 0 Å².